The highest BCUT2D eigenvalue weighted by Gasteiger charge is 2.35. The standard InChI is InChI=1S/C22H26ClN5O3/c1-15(2)31-20-9-7-18-24-25-19(28(18)26-20)8-10-21(29)27-13-11-22(30,12-14-27)16-3-5-17(23)6-4-16/h3-7,9,15,30H,8,10-14H2,1-2H3. The molecule has 9 heteroatoms. The fraction of sp³-hybridized carbons (Fsp3) is 0.455. The lowest BCUT2D eigenvalue weighted by molar-refractivity contribution is -0.135. The van der Waals surface area contributed by atoms with Crippen molar-refractivity contribution in [2.75, 3.05) is 13.1 Å². The fourth-order valence-electron chi connectivity index (χ4n) is 3.83. The molecular formula is C22H26ClN5O3. The van der Waals surface area contributed by atoms with Gasteiger partial charge in [-0.2, -0.15) is 4.52 Å². The van der Waals surface area contributed by atoms with E-state index < -0.39 is 5.60 Å². The van der Waals surface area contributed by atoms with Crippen LogP contribution in [0.25, 0.3) is 5.65 Å². The van der Waals surface area contributed by atoms with Gasteiger partial charge in [-0.3, -0.25) is 4.79 Å². The summed E-state index contributed by atoms with van der Waals surface area (Å²) in [6.07, 6.45) is 1.72. The molecule has 0 unspecified atom stereocenters. The summed E-state index contributed by atoms with van der Waals surface area (Å²) < 4.78 is 7.26. The molecule has 0 spiro atoms. The summed E-state index contributed by atoms with van der Waals surface area (Å²) in [4.78, 5) is 14.6. The van der Waals surface area contributed by atoms with Crippen molar-refractivity contribution in [3.8, 4) is 5.88 Å². The number of rotatable bonds is 6. The van der Waals surface area contributed by atoms with Crippen molar-refractivity contribution in [2.24, 2.45) is 0 Å². The van der Waals surface area contributed by atoms with Crippen LogP contribution in [0.1, 0.15) is 44.5 Å². The van der Waals surface area contributed by atoms with E-state index in [1.54, 1.807) is 33.7 Å². The Morgan fingerprint density at radius 1 is 1.16 bits per heavy atom. The number of piperidine rings is 1. The van der Waals surface area contributed by atoms with Crippen molar-refractivity contribution in [1.29, 1.82) is 0 Å². The van der Waals surface area contributed by atoms with Gasteiger partial charge in [0, 0.05) is 37.0 Å². The molecule has 4 rings (SSSR count). The SMILES string of the molecule is CC(C)Oc1ccc2nnc(CCC(=O)N3CCC(O)(c4ccc(Cl)cc4)CC3)n2n1. The molecule has 0 saturated carbocycles. The third-order valence-corrected chi connectivity index (χ3v) is 5.80. The fourth-order valence-corrected chi connectivity index (χ4v) is 3.95. The number of halogens is 1. The molecule has 1 aromatic carbocycles. The van der Waals surface area contributed by atoms with Gasteiger partial charge in [-0.1, -0.05) is 23.7 Å². The Morgan fingerprint density at radius 2 is 1.87 bits per heavy atom. The summed E-state index contributed by atoms with van der Waals surface area (Å²) >= 11 is 5.95. The highest BCUT2D eigenvalue weighted by molar-refractivity contribution is 6.30. The molecule has 164 valence electrons. The summed E-state index contributed by atoms with van der Waals surface area (Å²) in [5, 5.41) is 24.4. The number of carbonyl (C=O) groups excluding carboxylic acids is 1. The maximum Gasteiger partial charge on any atom is 0.232 e. The van der Waals surface area contributed by atoms with Crippen molar-refractivity contribution < 1.29 is 14.6 Å². The largest absolute Gasteiger partial charge is 0.474 e. The van der Waals surface area contributed by atoms with Crippen LogP contribution in [0.3, 0.4) is 0 Å². The number of hydrogen-bond acceptors (Lipinski definition) is 6. The number of hydrogen-bond donors (Lipinski definition) is 1. The lowest BCUT2D eigenvalue weighted by Crippen LogP contribution is -2.45. The monoisotopic (exact) mass is 443 g/mol. The highest BCUT2D eigenvalue weighted by atomic mass is 35.5. The second kappa shape index (κ2) is 8.80. The summed E-state index contributed by atoms with van der Waals surface area (Å²) in [6, 6.07) is 10.8. The topological polar surface area (TPSA) is 92.9 Å². The molecule has 1 fully saturated rings. The lowest BCUT2D eigenvalue weighted by Gasteiger charge is -2.38. The van der Waals surface area contributed by atoms with Gasteiger partial charge in [-0.25, -0.2) is 0 Å². The average molecular weight is 444 g/mol. The predicted octanol–water partition coefficient (Wildman–Crippen LogP) is 3.01. The van der Waals surface area contributed by atoms with Gasteiger partial charge in [0.25, 0.3) is 0 Å². The molecular weight excluding hydrogens is 418 g/mol. The van der Waals surface area contributed by atoms with E-state index in [-0.39, 0.29) is 12.0 Å². The summed E-state index contributed by atoms with van der Waals surface area (Å²) in [6.45, 7) is 4.88. The molecule has 8 nitrogen and oxygen atoms in total. The quantitative estimate of drug-likeness (QED) is 0.629. The maximum absolute atomic E-state index is 12.8. The number of benzene rings is 1. The first kappa shape index (κ1) is 21.5. The minimum absolute atomic E-state index is 0.0112. The minimum atomic E-state index is -0.929. The smallest absolute Gasteiger partial charge is 0.232 e. The minimum Gasteiger partial charge on any atom is -0.474 e. The predicted molar refractivity (Wildman–Crippen MR) is 116 cm³/mol. The molecule has 2 aromatic heterocycles. The molecule has 0 radical (unpaired) electrons. The molecule has 3 heterocycles. The van der Waals surface area contributed by atoms with Gasteiger partial charge >= 0.3 is 0 Å². The number of aryl methyl sites for hydroxylation is 1. The first-order chi connectivity index (χ1) is 14.8. The van der Waals surface area contributed by atoms with Crippen LogP contribution in [0.4, 0.5) is 0 Å². The molecule has 1 aliphatic rings. The first-order valence-electron chi connectivity index (χ1n) is 10.5. The Kier molecular flexibility index (Phi) is 6.11. The number of aliphatic hydroxyl groups is 1. The van der Waals surface area contributed by atoms with E-state index in [1.807, 2.05) is 26.0 Å². The van der Waals surface area contributed by atoms with Gasteiger partial charge in [0.05, 0.1) is 11.7 Å². The molecule has 0 atom stereocenters. The van der Waals surface area contributed by atoms with Gasteiger partial charge in [-0.05, 0) is 50.5 Å². The van der Waals surface area contributed by atoms with Crippen LogP contribution in [-0.4, -0.2) is 54.9 Å². The van der Waals surface area contributed by atoms with Crippen LogP contribution < -0.4 is 4.74 Å². The molecule has 0 bridgehead atoms. The van der Waals surface area contributed by atoms with Gasteiger partial charge < -0.3 is 14.7 Å². The third-order valence-electron chi connectivity index (χ3n) is 5.55. The van der Waals surface area contributed by atoms with E-state index in [9.17, 15) is 9.90 Å². The molecule has 3 aromatic rings. The van der Waals surface area contributed by atoms with Crippen LogP contribution in [0.5, 0.6) is 5.88 Å². The normalized spacial score (nSPS) is 16.1. The van der Waals surface area contributed by atoms with E-state index in [1.165, 1.54) is 0 Å². The van der Waals surface area contributed by atoms with Crippen LogP contribution in [0, 0.1) is 0 Å². The Balaban J connectivity index is 1.36. The summed E-state index contributed by atoms with van der Waals surface area (Å²) in [7, 11) is 0. The van der Waals surface area contributed by atoms with Crippen LogP contribution >= 0.6 is 11.6 Å². The van der Waals surface area contributed by atoms with Gasteiger partial charge in [0.15, 0.2) is 11.5 Å². The van der Waals surface area contributed by atoms with Crippen molar-refractivity contribution >= 4 is 23.2 Å². The second-order valence-corrected chi connectivity index (χ2v) is 8.58. The van der Waals surface area contributed by atoms with E-state index in [0.29, 0.717) is 61.1 Å². The zero-order valence-electron chi connectivity index (χ0n) is 17.7. The van der Waals surface area contributed by atoms with Crippen molar-refractivity contribution in [3.63, 3.8) is 0 Å². The summed E-state index contributed by atoms with van der Waals surface area (Å²) in [5.41, 5.74) is 0.524. The van der Waals surface area contributed by atoms with Crippen LogP contribution in [0.15, 0.2) is 36.4 Å². The Bertz CT molecular complexity index is 1060. The average Bonchev–Trinajstić information content (AvgIpc) is 3.15. The second-order valence-electron chi connectivity index (χ2n) is 8.14. The Hall–Kier alpha value is -2.71. The zero-order valence-corrected chi connectivity index (χ0v) is 18.4. The van der Waals surface area contributed by atoms with Crippen molar-refractivity contribution in [1.82, 2.24) is 24.7 Å². The van der Waals surface area contributed by atoms with Crippen LogP contribution in [-0.2, 0) is 16.8 Å². The van der Waals surface area contributed by atoms with Crippen LogP contribution in [0.2, 0.25) is 5.02 Å². The molecule has 0 aliphatic carbocycles. The first-order valence-corrected chi connectivity index (χ1v) is 10.9. The molecule has 1 amide bonds. The highest BCUT2D eigenvalue weighted by Crippen LogP contribution is 2.33. The number of likely N-dealkylation sites (tertiary alicyclic amines) is 1. The third kappa shape index (κ3) is 4.80. The van der Waals surface area contributed by atoms with E-state index in [2.05, 4.69) is 15.3 Å². The molecule has 31 heavy (non-hydrogen) atoms. The van der Waals surface area contributed by atoms with Crippen molar-refractivity contribution in [2.45, 2.75) is 51.2 Å². The Labute approximate surface area is 185 Å². The molecule has 1 saturated heterocycles. The lowest BCUT2D eigenvalue weighted by atomic mass is 9.84. The zero-order chi connectivity index (χ0) is 22.0. The number of amides is 1. The van der Waals surface area contributed by atoms with Gasteiger partial charge in [0.1, 0.15) is 0 Å². The number of carbonyl (C=O) groups is 1. The number of ether oxygens (including phenoxy) is 1. The van der Waals surface area contributed by atoms with Gasteiger partial charge in [0.2, 0.25) is 11.8 Å². The van der Waals surface area contributed by atoms with E-state index in [4.69, 9.17) is 16.3 Å². The van der Waals surface area contributed by atoms with E-state index in [0.717, 1.165) is 5.56 Å². The molecule has 1 aliphatic heterocycles. The number of aromatic nitrogens is 4. The van der Waals surface area contributed by atoms with Gasteiger partial charge in [-0.15, -0.1) is 15.3 Å². The van der Waals surface area contributed by atoms with E-state index >= 15 is 0 Å². The summed E-state index contributed by atoms with van der Waals surface area (Å²) in [5.74, 6) is 1.14. The molecule has 1 N–H and O–H groups in total. The maximum atomic E-state index is 12.8. The Morgan fingerprint density at radius 3 is 2.55 bits per heavy atom. The number of nitrogens with zero attached hydrogens (tertiary/aromatic N) is 5. The van der Waals surface area contributed by atoms with Crippen molar-refractivity contribution in [3.05, 3.63) is 52.8 Å². The number of fused-ring (bicyclic) bond motifs is 1.